The molecule has 30 heteroatoms. The summed E-state index contributed by atoms with van der Waals surface area (Å²) in [7, 11) is 3.75. The van der Waals surface area contributed by atoms with Gasteiger partial charge in [0.25, 0.3) is 0 Å². The first-order chi connectivity index (χ1) is 53.7. The molecular formula is C81H90BCl3N18O7U. The second-order valence-electron chi connectivity index (χ2n) is 26.0. The number of fused-ring (bicyclic) bond motifs is 3. The van der Waals surface area contributed by atoms with Crippen molar-refractivity contribution in [2.45, 2.75) is 103 Å². The summed E-state index contributed by atoms with van der Waals surface area (Å²) in [6.45, 7) is 11.2. The minimum atomic E-state index is -0.370. The van der Waals surface area contributed by atoms with Crippen molar-refractivity contribution in [2.24, 2.45) is 0 Å². The molecule has 1 unspecified atom stereocenters. The van der Waals surface area contributed by atoms with Gasteiger partial charge in [0.1, 0.15) is 88.0 Å². The van der Waals surface area contributed by atoms with E-state index in [9.17, 15) is 14.4 Å². The first-order valence-electron chi connectivity index (χ1n) is 36.6. The van der Waals surface area contributed by atoms with Crippen LogP contribution in [-0.4, -0.2) is 160 Å². The van der Waals surface area contributed by atoms with Crippen LogP contribution in [0.15, 0.2) is 195 Å². The van der Waals surface area contributed by atoms with Crippen LogP contribution < -0.4 is 36.7 Å². The number of para-hydroxylation sites is 3. The number of amides is 2. The zero-order valence-electron chi connectivity index (χ0n) is 61.9. The Bertz CT molecular complexity index is 4980. The van der Waals surface area contributed by atoms with Gasteiger partial charge in [0, 0.05) is 120 Å². The molecule has 4 atom stereocenters. The van der Waals surface area contributed by atoms with Gasteiger partial charge in [0.05, 0.1) is 40.4 Å². The zero-order valence-corrected chi connectivity index (χ0v) is 67.3. The number of nitrogen functional groups attached to an aromatic ring is 3. The van der Waals surface area contributed by atoms with Crippen molar-refractivity contribution in [1.82, 2.24) is 74.4 Å². The van der Waals surface area contributed by atoms with Gasteiger partial charge in [-0.15, -0.1) is 23.2 Å². The van der Waals surface area contributed by atoms with Gasteiger partial charge in [0.2, 0.25) is 17.1 Å². The van der Waals surface area contributed by atoms with Gasteiger partial charge in [-0.05, 0) is 193 Å². The quantitative estimate of drug-likeness (QED) is 0.0285. The second-order valence-corrected chi connectivity index (χ2v) is 27.2. The molecule has 6 aromatic heterocycles. The van der Waals surface area contributed by atoms with Crippen LogP contribution in [0.5, 0.6) is 34.5 Å². The van der Waals surface area contributed by atoms with Gasteiger partial charge >= 0.3 is 0 Å². The molecular weight excluding hydrogens is 1690 g/mol. The summed E-state index contributed by atoms with van der Waals surface area (Å²) < 4.78 is 33.9. The van der Waals surface area contributed by atoms with Crippen LogP contribution >= 0.6 is 34.8 Å². The molecule has 16 rings (SSSR count). The normalized spacial score (nSPS) is 16.4. The van der Waals surface area contributed by atoms with Gasteiger partial charge in [-0.2, -0.15) is 15.3 Å². The van der Waals surface area contributed by atoms with Crippen LogP contribution in [0.25, 0.3) is 66.9 Å². The minimum absolute atomic E-state index is 0. The van der Waals surface area contributed by atoms with Gasteiger partial charge in [-0.3, -0.25) is 14.4 Å². The molecule has 4 aliphatic rings. The summed E-state index contributed by atoms with van der Waals surface area (Å²) in [5, 5.41) is 20.0. The Morgan fingerprint density at radius 2 is 0.901 bits per heavy atom. The molecule has 0 bridgehead atoms. The van der Waals surface area contributed by atoms with Crippen molar-refractivity contribution >= 4 is 111 Å². The maximum absolute atomic E-state index is 12.4. The fourth-order valence-electron chi connectivity index (χ4n) is 13.2. The van der Waals surface area contributed by atoms with Gasteiger partial charge in [-0.25, -0.2) is 43.9 Å². The number of carbonyl (C=O) groups is 3. The largest absolute Gasteiger partial charge is 0.457 e. The predicted octanol–water partition coefficient (Wildman–Crippen LogP) is 15.2. The van der Waals surface area contributed by atoms with E-state index >= 15 is 0 Å². The first kappa shape index (κ1) is 83.5. The fraction of sp³-hybridized carbons (Fsp3) is 0.309. The number of likely N-dealkylation sites (tertiary alicyclic amines) is 2. The second kappa shape index (κ2) is 41.9. The predicted molar refractivity (Wildman–Crippen MR) is 436 cm³/mol. The third-order valence-electron chi connectivity index (χ3n) is 18.6. The number of aromatic nitrogens is 12. The fourth-order valence-corrected chi connectivity index (χ4v) is 13.8. The number of alkyl halides is 2. The van der Waals surface area contributed by atoms with Crippen LogP contribution in [0.1, 0.15) is 96.7 Å². The Labute approximate surface area is 687 Å². The Morgan fingerprint density at radius 1 is 0.532 bits per heavy atom. The summed E-state index contributed by atoms with van der Waals surface area (Å²) >= 11 is 15.7. The molecule has 4 fully saturated rings. The average molecular weight is 1780 g/mol. The summed E-state index contributed by atoms with van der Waals surface area (Å²) in [5.41, 5.74) is 25.8. The molecule has 25 nitrogen and oxygen atoms in total. The van der Waals surface area contributed by atoms with E-state index in [1.807, 2.05) is 183 Å². The zero-order chi connectivity index (χ0) is 77.3. The van der Waals surface area contributed by atoms with Crippen LogP contribution in [-0.2, 0) is 19.1 Å². The monoisotopic (exact) mass is 1780 g/mol. The number of halogens is 3. The summed E-state index contributed by atoms with van der Waals surface area (Å²) in [4.78, 5) is 64.1. The molecule has 10 heterocycles. The standard InChI is InChI=1S/C25H25ClN6O2.C25H24N6O2.C22H22N6O.C5H10O.C3H4Cl2O.CH4.BH.U/c26-13-12-21(33)31-14-4-5-18(15-31)32-25-22(24(27)28-16-29-25)23(30-32)17-8-10-20(11-9-17)34-19-6-2-1-3-7-19;1-2-21(32)30-14-6-7-18(15-30)31-25-22(24(26)27-16-28-25)23(29-31)17-10-12-20(13-11-17)33-19-8-4-3-5-9-19;23-21-19-20(15-8-10-18(11-9-15)29-17-6-2-1-3-7-17)27-28(22(19)26-14-25-21)16-5-4-12-24-13-16;1-5-3-2-4-6-5;4-2-1-3(5)6;;;/h1-3,6-11,16,18H,4-5,12-15H2,(H2,27,28,29);2-5,8-13,16,18H,1,6-7,14-15H2,(H2,26,27,28);1-3,6-11,14,16,24H,4-5,12-13H2,(H2,23,25,26);5H,2-4H2,1H3;1-2H2;1H4;1H;/t2*18-;16-;;;;;/m111...../s1/i;;;;;;1D;. The van der Waals surface area contributed by atoms with Crippen molar-refractivity contribution in [3.8, 4) is 68.3 Å². The van der Waals surface area contributed by atoms with Crippen molar-refractivity contribution in [1.29, 1.82) is 1.34 Å². The number of hydrogen-bond acceptors (Lipinski definition) is 20. The number of nitrogens with zero attached hydrogens (tertiary/aromatic N) is 14. The maximum Gasteiger partial charge on any atom is 0.246 e. The van der Waals surface area contributed by atoms with E-state index in [0.717, 1.165) is 133 Å². The van der Waals surface area contributed by atoms with E-state index in [1.54, 1.807) is 4.90 Å². The van der Waals surface area contributed by atoms with E-state index in [4.69, 9.17) is 87.6 Å². The molecule has 2 radical (unpaired) electrons. The van der Waals surface area contributed by atoms with E-state index in [-0.39, 0.29) is 80.1 Å². The topological polar surface area (TPSA) is 316 Å². The molecule has 4 aliphatic heterocycles. The molecule has 111 heavy (non-hydrogen) atoms. The van der Waals surface area contributed by atoms with E-state index < -0.39 is 0 Å². The molecule has 0 aliphatic carbocycles. The Hall–Kier alpha value is -9.97. The number of carbonyl (C=O) groups excluding carboxylic acids is 3. The number of benzene rings is 6. The van der Waals surface area contributed by atoms with Crippen LogP contribution in [0, 0.1) is 31.1 Å². The number of nitrogens with two attached hydrogens (primary N) is 3. The number of nitrogens with one attached hydrogen (secondary N) is 1. The third-order valence-corrected chi connectivity index (χ3v) is 19.1. The molecule has 12 aromatic rings. The van der Waals surface area contributed by atoms with Crippen molar-refractivity contribution in [3.63, 3.8) is 0 Å². The minimum Gasteiger partial charge on any atom is -0.457 e. The third kappa shape index (κ3) is 22.0. The van der Waals surface area contributed by atoms with Crippen LogP contribution in [0.4, 0.5) is 17.5 Å². The van der Waals surface area contributed by atoms with E-state index in [1.165, 1.54) is 37.9 Å². The number of rotatable bonds is 17. The Kier molecular flexibility index (Phi) is 31.5. The molecule has 574 valence electrons. The number of ether oxygens (including phenoxy) is 4. The molecule has 2 amide bonds. The smallest absolute Gasteiger partial charge is 0.246 e. The molecule has 0 spiro atoms. The summed E-state index contributed by atoms with van der Waals surface area (Å²) in [5.74, 6) is 6.41. The van der Waals surface area contributed by atoms with Crippen LogP contribution in [0.3, 0.4) is 0 Å². The first-order valence-corrected chi connectivity index (χ1v) is 37.5. The SMILES string of the molecule is C.C=CC(=O)N1CCC[C@@H](n2nc(-c3ccc(Oc4ccccc4)cc3)c3c(N)ncnc32)C1.CC1CCCO1.Nc1ncnc2c1c(-c1ccc(Oc3ccccc3)cc1)nn2[C@@H]1CCCN(C(=O)CCCl)C1.Nc1ncnc2c1c(-c1ccc(Oc3ccccc3)cc1)nn2[C@@H]1CCCNC1.O=C(Cl)CCCl.[2H][B].[U]. The Morgan fingerprint density at radius 3 is 1.23 bits per heavy atom. The van der Waals surface area contributed by atoms with E-state index in [2.05, 4.69) is 57.1 Å². The van der Waals surface area contributed by atoms with Crippen molar-refractivity contribution in [2.75, 3.05) is 74.8 Å². The average Bonchev–Trinajstić information content (AvgIpc) is 1.62. The van der Waals surface area contributed by atoms with E-state index in [0.29, 0.717) is 94.8 Å². The number of hydrogen-bond donors (Lipinski definition) is 4. The molecule has 4 saturated heterocycles. The van der Waals surface area contributed by atoms with Gasteiger partial charge < -0.3 is 51.3 Å². The van der Waals surface area contributed by atoms with Crippen molar-refractivity contribution < 1.29 is 64.4 Å². The molecule has 6 aromatic carbocycles. The summed E-state index contributed by atoms with van der Waals surface area (Å²) in [6, 6.07) is 52.5. The summed E-state index contributed by atoms with van der Waals surface area (Å²) in [6.07, 6.45) is 15.2. The maximum atomic E-state index is 12.4. The number of anilines is 3. The molecule has 0 saturated carbocycles. The van der Waals surface area contributed by atoms with Crippen molar-refractivity contribution in [3.05, 3.63) is 195 Å². The molecule has 7 N–H and O–H groups in total. The van der Waals surface area contributed by atoms with Gasteiger partial charge in [-0.1, -0.05) is 68.6 Å². The van der Waals surface area contributed by atoms with Gasteiger partial charge in [0.15, 0.2) is 16.9 Å². The number of piperidine rings is 3. The Balaban J connectivity index is 0.000000176. The van der Waals surface area contributed by atoms with Crippen LogP contribution in [0.2, 0.25) is 0 Å².